The van der Waals surface area contributed by atoms with Crippen molar-refractivity contribution in [2.75, 3.05) is 17.2 Å². The summed E-state index contributed by atoms with van der Waals surface area (Å²) < 4.78 is 0. The molecule has 108 valence electrons. The number of non-ortho nitro benzene ring substituents is 1. The van der Waals surface area contributed by atoms with Crippen molar-refractivity contribution < 1.29 is 4.92 Å². The highest BCUT2D eigenvalue weighted by molar-refractivity contribution is 5.72. The highest BCUT2D eigenvalue weighted by Crippen LogP contribution is 2.37. The average molecular weight is 283 g/mol. The zero-order chi connectivity index (χ0) is 15.0. The SMILES string of the molecule is CC1Cc2ccccc2N(c2cc(N)cc([N+](=O)[O-])c2)C1. The van der Waals surface area contributed by atoms with Crippen LogP contribution in [0.25, 0.3) is 0 Å². The molecule has 0 aliphatic carbocycles. The van der Waals surface area contributed by atoms with Crippen LogP contribution in [-0.4, -0.2) is 11.5 Å². The van der Waals surface area contributed by atoms with Gasteiger partial charge in [-0.05, 0) is 30.0 Å². The first-order valence-electron chi connectivity index (χ1n) is 6.95. The minimum absolute atomic E-state index is 0.0284. The summed E-state index contributed by atoms with van der Waals surface area (Å²) in [5.74, 6) is 0.486. The van der Waals surface area contributed by atoms with Crippen LogP contribution in [0, 0.1) is 16.0 Å². The van der Waals surface area contributed by atoms with E-state index in [1.54, 1.807) is 12.1 Å². The number of rotatable bonds is 2. The molecule has 2 N–H and O–H groups in total. The first kappa shape index (κ1) is 13.4. The second-order valence-electron chi connectivity index (χ2n) is 5.59. The van der Waals surface area contributed by atoms with Gasteiger partial charge in [-0.3, -0.25) is 10.1 Å². The number of nitrogen functional groups attached to an aromatic ring is 1. The second-order valence-corrected chi connectivity index (χ2v) is 5.59. The van der Waals surface area contributed by atoms with E-state index in [0.717, 1.165) is 24.3 Å². The van der Waals surface area contributed by atoms with Crippen LogP contribution >= 0.6 is 0 Å². The lowest BCUT2D eigenvalue weighted by molar-refractivity contribution is -0.384. The molecular weight excluding hydrogens is 266 g/mol. The van der Waals surface area contributed by atoms with Crippen molar-refractivity contribution in [1.82, 2.24) is 0 Å². The Labute approximate surface area is 123 Å². The summed E-state index contributed by atoms with van der Waals surface area (Å²) in [4.78, 5) is 12.7. The van der Waals surface area contributed by atoms with Crippen molar-refractivity contribution in [2.45, 2.75) is 13.3 Å². The predicted octanol–water partition coefficient (Wildman–Crippen LogP) is 3.51. The lowest BCUT2D eigenvalue weighted by Crippen LogP contribution is -2.30. The lowest BCUT2D eigenvalue weighted by atomic mass is 9.93. The van der Waals surface area contributed by atoms with Gasteiger partial charge in [0.25, 0.3) is 5.69 Å². The van der Waals surface area contributed by atoms with E-state index in [4.69, 9.17) is 5.73 Å². The number of nitrogens with two attached hydrogens (primary N) is 1. The minimum Gasteiger partial charge on any atom is -0.398 e. The van der Waals surface area contributed by atoms with Gasteiger partial charge in [-0.25, -0.2) is 0 Å². The molecule has 0 bridgehead atoms. The molecule has 2 aromatic rings. The Kier molecular flexibility index (Phi) is 3.25. The molecule has 0 spiro atoms. The third-order valence-corrected chi connectivity index (χ3v) is 3.79. The molecule has 0 fully saturated rings. The summed E-state index contributed by atoms with van der Waals surface area (Å²) in [5, 5.41) is 11.0. The van der Waals surface area contributed by atoms with Gasteiger partial charge in [0.2, 0.25) is 0 Å². The first-order valence-corrected chi connectivity index (χ1v) is 6.95. The fraction of sp³-hybridized carbons (Fsp3) is 0.250. The first-order chi connectivity index (χ1) is 10.0. The predicted molar refractivity (Wildman–Crippen MR) is 83.8 cm³/mol. The van der Waals surface area contributed by atoms with E-state index in [2.05, 4.69) is 24.0 Å². The molecule has 0 saturated carbocycles. The van der Waals surface area contributed by atoms with Crippen molar-refractivity contribution in [1.29, 1.82) is 0 Å². The summed E-state index contributed by atoms with van der Waals surface area (Å²) in [7, 11) is 0. The maximum absolute atomic E-state index is 11.0. The van der Waals surface area contributed by atoms with Crippen molar-refractivity contribution >= 4 is 22.7 Å². The molecule has 0 radical (unpaired) electrons. The molecule has 5 nitrogen and oxygen atoms in total. The molecule has 1 unspecified atom stereocenters. The monoisotopic (exact) mass is 283 g/mol. The van der Waals surface area contributed by atoms with Gasteiger partial charge < -0.3 is 10.6 Å². The van der Waals surface area contributed by atoms with Crippen LogP contribution in [0.1, 0.15) is 12.5 Å². The van der Waals surface area contributed by atoms with Gasteiger partial charge in [0.1, 0.15) is 0 Å². The molecule has 1 atom stereocenters. The van der Waals surface area contributed by atoms with Crippen LogP contribution in [0.15, 0.2) is 42.5 Å². The fourth-order valence-corrected chi connectivity index (χ4v) is 2.92. The summed E-state index contributed by atoms with van der Waals surface area (Å²) in [6, 6.07) is 12.9. The van der Waals surface area contributed by atoms with E-state index in [-0.39, 0.29) is 5.69 Å². The van der Waals surface area contributed by atoms with Crippen molar-refractivity contribution in [3.8, 4) is 0 Å². The maximum Gasteiger partial charge on any atom is 0.273 e. The molecule has 1 heterocycles. The van der Waals surface area contributed by atoms with E-state index < -0.39 is 4.92 Å². The number of para-hydroxylation sites is 1. The molecule has 2 aromatic carbocycles. The molecule has 5 heteroatoms. The molecule has 1 aliphatic rings. The van der Waals surface area contributed by atoms with Gasteiger partial charge >= 0.3 is 0 Å². The zero-order valence-electron chi connectivity index (χ0n) is 11.8. The summed E-state index contributed by atoms with van der Waals surface area (Å²) in [6.45, 7) is 3.02. The highest BCUT2D eigenvalue weighted by Gasteiger charge is 2.24. The maximum atomic E-state index is 11.0. The van der Waals surface area contributed by atoms with Gasteiger partial charge in [0.15, 0.2) is 0 Å². The normalized spacial score (nSPS) is 17.4. The Hall–Kier alpha value is -2.56. The standard InChI is InChI=1S/C16H17N3O2/c1-11-6-12-4-2-3-5-16(12)18(10-11)14-7-13(17)8-15(9-14)19(20)21/h2-5,7-9,11H,6,10,17H2,1H3. The van der Waals surface area contributed by atoms with Gasteiger partial charge in [-0.2, -0.15) is 0 Å². The topological polar surface area (TPSA) is 72.4 Å². The quantitative estimate of drug-likeness (QED) is 0.520. The average Bonchev–Trinajstić information content (AvgIpc) is 2.45. The molecule has 0 saturated heterocycles. The third kappa shape index (κ3) is 2.54. The Balaban J connectivity index is 2.10. The van der Waals surface area contributed by atoms with Crippen LogP contribution in [0.2, 0.25) is 0 Å². The smallest absolute Gasteiger partial charge is 0.273 e. The summed E-state index contributed by atoms with van der Waals surface area (Å²) in [5.41, 5.74) is 9.42. The third-order valence-electron chi connectivity index (χ3n) is 3.79. The second kappa shape index (κ2) is 5.09. The van der Waals surface area contributed by atoms with E-state index in [9.17, 15) is 10.1 Å². The van der Waals surface area contributed by atoms with Gasteiger partial charge in [-0.1, -0.05) is 25.1 Å². The Morgan fingerprint density at radius 3 is 2.81 bits per heavy atom. The fourth-order valence-electron chi connectivity index (χ4n) is 2.92. The van der Waals surface area contributed by atoms with Crippen molar-refractivity contribution in [2.24, 2.45) is 5.92 Å². The van der Waals surface area contributed by atoms with Crippen LogP contribution in [0.3, 0.4) is 0 Å². The highest BCUT2D eigenvalue weighted by atomic mass is 16.6. The zero-order valence-corrected chi connectivity index (χ0v) is 11.8. The number of hydrogen-bond donors (Lipinski definition) is 1. The van der Waals surface area contributed by atoms with Crippen LogP contribution < -0.4 is 10.6 Å². The largest absolute Gasteiger partial charge is 0.398 e. The van der Waals surface area contributed by atoms with E-state index in [1.165, 1.54) is 11.6 Å². The van der Waals surface area contributed by atoms with Crippen LogP contribution in [0.5, 0.6) is 0 Å². The summed E-state index contributed by atoms with van der Waals surface area (Å²) in [6.07, 6.45) is 1.02. The van der Waals surface area contributed by atoms with Crippen LogP contribution in [0.4, 0.5) is 22.7 Å². The van der Waals surface area contributed by atoms with E-state index >= 15 is 0 Å². The number of nitrogens with zero attached hydrogens (tertiary/aromatic N) is 2. The molecule has 0 amide bonds. The van der Waals surface area contributed by atoms with Crippen molar-refractivity contribution in [3.63, 3.8) is 0 Å². The van der Waals surface area contributed by atoms with Gasteiger partial charge in [0, 0.05) is 30.1 Å². The minimum atomic E-state index is -0.404. The van der Waals surface area contributed by atoms with E-state index in [1.807, 2.05) is 12.1 Å². The van der Waals surface area contributed by atoms with Gasteiger partial charge in [-0.15, -0.1) is 0 Å². The molecular formula is C16H17N3O2. The lowest BCUT2D eigenvalue weighted by Gasteiger charge is -2.34. The van der Waals surface area contributed by atoms with Gasteiger partial charge in [0.05, 0.1) is 10.6 Å². The number of nitro benzene ring substituents is 1. The number of nitro groups is 1. The van der Waals surface area contributed by atoms with Crippen molar-refractivity contribution in [3.05, 3.63) is 58.1 Å². The molecule has 0 aromatic heterocycles. The Morgan fingerprint density at radius 1 is 1.29 bits per heavy atom. The Bertz CT molecular complexity index is 700. The summed E-state index contributed by atoms with van der Waals surface area (Å²) >= 11 is 0. The number of fused-ring (bicyclic) bond motifs is 1. The number of hydrogen-bond acceptors (Lipinski definition) is 4. The molecule has 21 heavy (non-hydrogen) atoms. The van der Waals surface area contributed by atoms with E-state index in [0.29, 0.717) is 11.6 Å². The number of anilines is 3. The number of benzene rings is 2. The molecule has 1 aliphatic heterocycles. The molecule has 3 rings (SSSR count). The Morgan fingerprint density at radius 2 is 2.05 bits per heavy atom. The van der Waals surface area contributed by atoms with Crippen LogP contribution in [-0.2, 0) is 6.42 Å².